The van der Waals surface area contributed by atoms with Gasteiger partial charge in [0, 0.05) is 42.9 Å². The van der Waals surface area contributed by atoms with Crippen molar-refractivity contribution in [3.8, 4) is 0 Å². The number of hydrogen-bond acceptors (Lipinski definition) is 5. The number of H-pyrrole nitrogens is 1. The molecule has 0 aliphatic carbocycles. The minimum absolute atomic E-state index is 0.0251. The van der Waals surface area contributed by atoms with Crippen molar-refractivity contribution in [2.24, 2.45) is 0 Å². The maximum absolute atomic E-state index is 12.3. The van der Waals surface area contributed by atoms with Gasteiger partial charge in [0.15, 0.2) is 5.82 Å². The molecular weight excluding hydrogens is 378 g/mol. The maximum Gasteiger partial charge on any atom is 0.270 e. The third kappa shape index (κ3) is 4.04. The second kappa shape index (κ2) is 7.18. The number of carbonyl (C=O) groups excluding carboxylic acids is 2. The summed E-state index contributed by atoms with van der Waals surface area (Å²) in [5.41, 5.74) is 0.564. The summed E-state index contributed by atoms with van der Waals surface area (Å²) in [4.78, 5) is 31.1. The number of amides is 2. The SMILES string of the molecule is Cc1cc(NC(=O)CN2CCN(C(=O)c3cc(Br)c[nH]3)CC2)no1. The van der Waals surface area contributed by atoms with Crippen molar-refractivity contribution in [3.05, 3.63) is 34.3 Å². The smallest absolute Gasteiger partial charge is 0.270 e. The Kier molecular flexibility index (Phi) is 5.00. The van der Waals surface area contributed by atoms with Crippen LogP contribution in [-0.2, 0) is 4.79 Å². The van der Waals surface area contributed by atoms with Gasteiger partial charge >= 0.3 is 0 Å². The fourth-order valence-corrected chi connectivity index (χ4v) is 2.92. The highest BCUT2D eigenvalue weighted by Crippen LogP contribution is 2.14. The molecule has 2 aromatic rings. The lowest BCUT2D eigenvalue weighted by Crippen LogP contribution is -2.50. The van der Waals surface area contributed by atoms with E-state index in [1.165, 1.54) is 0 Å². The van der Waals surface area contributed by atoms with Crippen LogP contribution in [0.15, 0.2) is 27.3 Å². The van der Waals surface area contributed by atoms with Crippen LogP contribution in [0.1, 0.15) is 16.2 Å². The van der Waals surface area contributed by atoms with E-state index >= 15 is 0 Å². The molecule has 2 amide bonds. The third-order valence-corrected chi connectivity index (χ3v) is 4.26. The van der Waals surface area contributed by atoms with Gasteiger partial charge in [-0.15, -0.1) is 0 Å². The summed E-state index contributed by atoms with van der Waals surface area (Å²) in [5, 5.41) is 6.43. The van der Waals surface area contributed by atoms with Crippen LogP contribution in [0, 0.1) is 6.92 Å². The van der Waals surface area contributed by atoms with E-state index in [-0.39, 0.29) is 18.4 Å². The van der Waals surface area contributed by atoms with Gasteiger partial charge < -0.3 is 19.7 Å². The molecular formula is C15H18BrN5O3. The molecule has 128 valence electrons. The zero-order valence-corrected chi connectivity index (χ0v) is 14.8. The van der Waals surface area contributed by atoms with Crippen molar-refractivity contribution >= 4 is 33.6 Å². The number of aromatic amines is 1. The first kappa shape index (κ1) is 16.7. The lowest BCUT2D eigenvalue weighted by Gasteiger charge is -2.34. The molecule has 1 fully saturated rings. The van der Waals surface area contributed by atoms with Gasteiger partial charge in [-0.05, 0) is 28.9 Å². The van der Waals surface area contributed by atoms with E-state index in [0.29, 0.717) is 43.5 Å². The highest BCUT2D eigenvalue weighted by Gasteiger charge is 2.24. The number of aryl methyl sites for hydroxylation is 1. The number of nitrogens with one attached hydrogen (secondary N) is 2. The van der Waals surface area contributed by atoms with E-state index in [1.54, 1.807) is 30.2 Å². The Hall–Kier alpha value is -2.13. The van der Waals surface area contributed by atoms with Gasteiger partial charge in [-0.3, -0.25) is 14.5 Å². The predicted molar refractivity (Wildman–Crippen MR) is 90.7 cm³/mol. The number of carbonyl (C=O) groups is 2. The highest BCUT2D eigenvalue weighted by atomic mass is 79.9. The van der Waals surface area contributed by atoms with Crippen LogP contribution < -0.4 is 5.32 Å². The Balaban J connectivity index is 1.46. The molecule has 1 aliphatic heterocycles. The van der Waals surface area contributed by atoms with E-state index in [9.17, 15) is 9.59 Å². The molecule has 2 aromatic heterocycles. The van der Waals surface area contributed by atoms with Gasteiger partial charge in [-0.1, -0.05) is 5.16 Å². The fraction of sp³-hybridized carbons (Fsp3) is 0.400. The molecule has 0 spiro atoms. The molecule has 1 saturated heterocycles. The van der Waals surface area contributed by atoms with Crippen LogP contribution >= 0.6 is 15.9 Å². The Bertz CT molecular complexity index is 733. The number of nitrogens with zero attached hydrogens (tertiary/aromatic N) is 3. The van der Waals surface area contributed by atoms with Gasteiger partial charge in [0.05, 0.1) is 6.54 Å². The van der Waals surface area contributed by atoms with E-state index in [1.807, 2.05) is 4.90 Å². The molecule has 0 atom stereocenters. The van der Waals surface area contributed by atoms with E-state index in [0.717, 1.165) is 4.47 Å². The minimum Gasteiger partial charge on any atom is -0.360 e. The van der Waals surface area contributed by atoms with Gasteiger partial charge in [0.1, 0.15) is 11.5 Å². The lowest BCUT2D eigenvalue weighted by atomic mass is 10.2. The fourth-order valence-electron chi connectivity index (χ4n) is 2.58. The monoisotopic (exact) mass is 395 g/mol. The zero-order valence-electron chi connectivity index (χ0n) is 13.2. The maximum atomic E-state index is 12.3. The first-order chi connectivity index (χ1) is 11.5. The Labute approximate surface area is 147 Å². The summed E-state index contributed by atoms with van der Waals surface area (Å²) >= 11 is 3.32. The van der Waals surface area contributed by atoms with Crippen molar-refractivity contribution in [1.82, 2.24) is 19.9 Å². The number of piperazine rings is 1. The van der Waals surface area contributed by atoms with Crippen LogP contribution in [0.3, 0.4) is 0 Å². The number of hydrogen-bond donors (Lipinski definition) is 2. The number of halogens is 1. The van der Waals surface area contributed by atoms with Crippen molar-refractivity contribution in [2.45, 2.75) is 6.92 Å². The Morgan fingerprint density at radius 2 is 2.08 bits per heavy atom. The summed E-state index contributed by atoms with van der Waals surface area (Å²) in [6.45, 7) is 4.51. The topological polar surface area (TPSA) is 94.5 Å². The van der Waals surface area contributed by atoms with Crippen LogP contribution in [0.4, 0.5) is 5.82 Å². The summed E-state index contributed by atoms with van der Waals surface area (Å²) in [7, 11) is 0. The molecule has 2 N–H and O–H groups in total. The molecule has 1 aliphatic rings. The molecule has 0 saturated carbocycles. The quantitative estimate of drug-likeness (QED) is 0.817. The first-order valence-corrected chi connectivity index (χ1v) is 8.39. The molecule has 0 bridgehead atoms. The van der Waals surface area contributed by atoms with Gasteiger partial charge in [-0.25, -0.2) is 0 Å². The van der Waals surface area contributed by atoms with Gasteiger partial charge in [0.25, 0.3) is 5.91 Å². The first-order valence-electron chi connectivity index (χ1n) is 7.60. The normalized spacial score (nSPS) is 15.5. The second-order valence-electron chi connectivity index (χ2n) is 5.67. The third-order valence-electron chi connectivity index (χ3n) is 3.80. The van der Waals surface area contributed by atoms with Crippen LogP contribution in [0.2, 0.25) is 0 Å². The van der Waals surface area contributed by atoms with Crippen LogP contribution in [0.5, 0.6) is 0 Å². The zero-order chi connectivity index (χ0) is 17.1. The summed E-state index contributed by atoms with van der Waals surface area (Å²) < 4.78 is 5.76. The average molecular weight is 396 g/mol. The molecule has 9 heteroatoms. The van der Waals surface area contributed by atoms with Crippen molar-refractivity contribution in [3.63, 3.8) is 0 Å². The lowest BCUT2D eigenvalue weighted by molar-refractivity contribution is -0.117. The second-order valence-corrected chi connectivity index (χ2v) is 6.59. The molecule has 0 unspecified atom stereocenters. The van der Waals surface area contributed by atoms with E-state index in [4.69, 9.17) is 4.52 Å². The number of anilines is 1. The van der Waals surface area contributed by atoms with Crippen molar-refractivity contribution < 1.29 is 14.1 Å². The molecule has 3 heterocycles. The largest absolute Gasteiger partial charge is 0.360 e. The number of rotatable bonds is 4. The summed E-state index contributed by atoms with van der Waals surface area (Å²) in [6.07, 6.45) is 1.74. The van der Waals surface area contributed by atoms with Crippen LogP contribution in [0.25, 0.3) is 0 Å². The predicted octanol–water partition coefficient (Wildman–Crippen LogP) is 1.47. The molecule has 3 rings (SSSR count). The van der Waals surface area contributed by atoms with Crippen molar-refractivity contribution in [1.29, 1.82) is 0 Å². The molecule has 0 radical (unpaired) electrons. The van der Waals surface area contributed by atoms with Crippen molar-refractivity contribution in [2.75, 3.05) is 38.0 Å². The van der Waals surface area contributed by atoms with Crippen LogP contribution in [-0.4, -0.2) is 64.5 Å². The Morgan fingerprint density at radius 3 is 2.67 bits per heavy atom. The molecule has 8 nitrogen and oxygen atoms in total. The molecule has 0 aromatic carbocycles. The van der Waals surface area contributed by atoms with Gasteiger partial charge in [-0.2, -0.15) is 0 Å². The highest BCUT2D eigenvalue weighted by molar-refractivity contribution is 9.10. The minimum atomic E-state index is -0.142. The summed E-state index contributed by atoms with van der Waals surface area (Å²) in [6, 6.07) is 3.44. The average Bonchev–Trinajstić information content (AvgIpc) is 3.16. The van der Waals surface area contributed by atoms with Gasteiger partial charge in [0.2, 0.25) is 5.91 Å². The molecule has 24 heavy (non-hydrogen) atoms. The Morgan fingerprint density at radius 1 is 1.33 bits per heavy atom. The van der Waals surface area contributed by atoms with E-state index < -0.39 is 0 Å². The van der Waals surface area contributed by atoms with E-state index in [2.05, 4.69) is 31.4 Å². The number of aromatic nitrogens is 2. The standard InChI is InChI=1S/C15H18BrN5O3/c1-10-6-13(19-24-10)18-14(22)9-20-2-4-21(5-3-20)15(23)12-7-11(16)8-17-12/h6-8,17H,2-5,9H2,1H3,(H,18,19,22). The summed E-state index contributed by atoms with van der Waals surface area (Å²) in [5.74, 6) is 0.899.